The van der Waals surface area contributed by atoms with Crippen LogP contribution in [0.3, 0.4) is 0 Å². The molecule has 0 aliphatic rings. The molecule has 0 radical (unpaired) electrons. The Labute approximate surface area is 133 Å². The van der Waals surface area contributed by atoms with E-state index in [1.807, 2.05) is 27.0 Å². The maximum atomic E-state index is 12.5. The van der Waals surface area contributed by atoms with Crippen molar-refractivity contribution in [3.05, 3.63) is 17.0 Å². The van der Waals surface area contributed by atoms with Gasteiger partial charge in [0.05, 0.1) is 0 Å². The van der Waals surface area contributed by atoms with Crippen LogP contribution in [-0.2, 0) is 16.4 Å². The van der Waals surface area contributed by atoms with Gasteiger partial charge in [-0.05, 0) is 57.8 Å². The first-order valence-electron chi connectivity index (χ1n) is 7.22. The van der Waals surface area contributed by atoms with Gasteiger partial charge in [-0.1, -0.05) is 20.8 Å². The first-order valence-corrected chi connectivity index (χ1v) is 9.52. The van der Waals surface area contributed by atoms with Crippen molar-refractivity contribution in [3.8, 4) is 0 Å². The fourth-order valence-corrected chi connectivity index (χ4v) is 5.43. The number of nitrogens with one attached hydrogen (secondary N) is 2. The summed E-state index contributed by atoms with van der Waals surface area (Å²) in [7, 11) is -1.56. The Morgan fingerprint density at radius 1 is 1.14 bits per heavy atom. The maximum absolute atomic E-state index is 12.5. The van der Waals surface area contributed by atoms with Gasteiger partial charge in [-0.3, -0.25) is 0 Å². The molecule has 0 bridgehead atoms. The van der Waals surface area contributed by atoms with Crippen LogP contribution in [0, 0.1) is 5.41 Å². The van der Waals surface area contributed by atoms with Crippen LogP contribution in [0.5, 0.6) is 0 Å². The number of likely N-dealkylation sites (N-methyl/N-ethyl adjacent to an activating group) is 1. The summed E-state index contributed by atoms with van der Waals surface area (Å²) in [6.45, 7) is 11.1. The summed E-state index contributed by atoms with van der Waals surface area (Å²) in [5.74, 6) is 0. The van der Waals surface area contributed by atoms with Gasteiger partial charge in [-0.15, -0.1) is 11.3 Å². The fourth-order valence-electron chi connectivity index (χ4n) is 2.66. The molecule has 0 unspecified atom stereocenters. The molecule has 0 aliphatic carbocycles. The summed E-state index contributed by atoms with van der Waals surface area (Å²) in [5, 5.41) is 3.07. The summed E-state index contributed by atoms with van der Waals surface area (Å²) >= 11 is 1.35. The van der Waals surface area contributed by atoms with Crippen molar-refractivity contribution in [2.24, 2.45) is 5.41 Å². The van der Waals surface area contributed by atoms with E-state index < -0.39 is 15.6 Å². The highest BCUT2D eigenvalue weighted by atomic mass is 32.2. The quantitative estimate of drug-likeness (QED) is 0.807. The Kier molecular flexibility index (Phi) is 6.00. The molecule has 1 aromatic rings. The van der Waals surface area contributed by atoms with Crippen LogP contribution in [0.15, 0.2) is 16.3 Å². The first-order chi connectivity index (χ1) is 9.45. The highest BCUT2D eigenvalue weighted by Crippen LogP contribution is 2.29. The van der Waals surface area contributed by atoms with Crippen molar-refractivity contribution in [2.45, 2.75) is 57.2 Å². The number of rotatable bonds is 7. The van der Waals surface area contributed by atoms with Gasteiger partial charge in [0.25, 0.3) is 10.0 Å². The second-order valence-electron chi connectivity index (χ2n) is 7.30. The monoisotopic (exact) mass is 332 g/mol. The van der Waals surface area contributed by atoms with Gasteiger partial charge >= 0.3 is 0 Å². The normalized spacial score (nSPS) is 13.6. The minimum Gasteiger partial charge on any atom is -0.319 e. The second-order valence-corrected chi connectivity index (χ2v) is 10.4. The van der Waals surface area contributed by atoms with Gasteiger partial charge in [0.1, 0.15) is 4.21 Å². The Balaban J connectivity index is 2.83. The lowest BCUT2D eigenvalue weighted by Gasteiger charge is -2.32. The summed E-state index contributed by atoms with van der Waals surface area (Å²) < 4.78 is 28.2. The average molecular weight is 333 g/mol. The van der Waals surface area contributed by atoms with Crippen molar-refractivity contribution < 1.29 is 8.42 Å². The lowest BCUT2D eigenvalue weighted by Crippen LogP contribution is -2.45. The number of hydrogen-bond donors (Lipinski definition) is 2. The SMILES string of the molecule is CNCCc1ccc(S(=O)(=O)NC(C)(C)CC(C)(C)C)s1. The molecule has 0 spiro atoms. The minimum atomic E-state index is -3.45. The molecule has 21 heavy (non-hydrogen) atoms. The van der Waals surface area contributed by atoms with Crippen LogP contribution >= 0.6 is 11.3 Å². The fraction of sp³-hybridized carbons (Fsp3) is 0.733. The van der Waals surface area contributed by atoms with Crippen LogP contribution in [0.2, 0.25) is 0 Å². The van der Waals surface area contributed by atoms with Crippen molar-refractivity contribution in [1.82, 2.24) is 10.0 Å². The summed E-state index contributed by atoms with van der Waals surface area (Å²) in [6, 6.07) is 3.60. The molecule has 1 rings (SSSR count). The zero-order valence-electron chi connectivity index (χ0n) is 13.9. The molecule has 122 valence electrons. The molecule has 1 heterocycles. The largest absolute Gasteiger partial charge is 0.319 e. The Morgan fingerprint density at radius 2 is 1.76 bits per heavy atom. The van der Waals surface area contributed by atoms with Crippen LogP contribution in [0.1, 0.15) is 45.9 Å². The smallest absolute Gasteiger partial charge is 0.250 e. The van der Waals surface area contributed by atoms with E-state index in [9.17, 15) is 8.42 Å². The van der Waals surface area contributed by atoms with Gasteiger partial charge in [0, 0.05) is 10.4 Å². The molecule has 0 amide bonds. The van der Waals surface area contributed by atoms with E-state index in [1.54, 1.807) is 6.07 Å². The van der Waals surface area contributed by atoms with Crippen molar-refractivity contribution in [1.29, 1.82) is 0 Å². The molecular formula is C15H28N2O2S2. The van der Waals surface area contributed by atoms with Gasteiger partial charge in [-0.2, -0.15) is 0 Å². The average Bonchev–Trinajstić information content (AvgIpc) is 2.70. The zero-order valence-corrected chi connectivity index (χ0v) is 15.5. The van der Waals surface area contributed by atoms with E-state index in [0.717, 1.165) is 24.3 Å². The molecule has 0 fully saturated rings. The molecule has 0 atom stereocenters. The highest BCUT2D eigenvalue weighted by molar-refractivity contribution is 7.91. The second kappa shape index (κ2) is 6.77. The van der Waals surface area contributed by atoms with Crippen molar-refractivity contribution >= 4 is 21.4 Å². The van der Waals surface area contributed by atoms with E-state index >= 15 is 0 Å². The molecule has 0 aliphatic heterocycles. The van der Waals surface area contributed by atoms with Crippen LogP contribution in [0.4, 0.5) is 0 Å². The predicted molar refractivity (Wildman–Crippen MR) is 90.4 cm³/mol. The lowest BCUT2D eigenvalue weighted by molar-refractivity contribution is 0.269. The van der Waals surface area contributed by atoms with Crippen LogP contribution in [0.25, 0.3) is 0 Å². The molecular weight excluding hydrogens is 304 g/mol. The van der Waals surface area contributed by atoms with E-state index in [0.29, 0.717) is 4.21 Å². The Hall–Kier alpha value is -0.430. The number of thiophene rings is 1. The predicted octanol–water partition coefficient (Wildman–Crippen LogP) is 3.00. The molecule has 1 aromatic heterocycles. The third-order valence-electron chi connectivity index (χ3n) is 2.91. The lowest BCUT2D eigenvalue weighted by atomic mass is 9.82. The number of hydrogen-bond acceptors (Lipinski definition) is 4. The summed E-state index contributed by atoms with van der Waals surface area (Å²) in [6.07, 6.45) is 1.62. The van der Waals surface area contributed by atoms with Gasteiger partial charge in [-0.25, -0.2) is 13.1 Å². The Morgan fingerprint density at radius 3 is 2.29 bits per heavy atom. The number of sulfonamides is 1. The maximum Gasteiger partial charge on any atom is 0.250 e. The molecule has 4 nitrogen and oxygen atoms in total. The molecule has 0 saturated heterocycles. The zero-order chi connectivity index (χ0) is 16.3. The van der Waals surface area contributed by atoms with Crippen LogP contribution < -0.4 is 10.0 Å². The molecule has 6 heteroatoms. The molecule has 0 saturated carbocycles. The third-order valence-corrected chi connectivity index (χ3v) is 6.24. The molecule has 0 aromatic carbocycles. The standard InChI is InChI=1S/C15H28N2O2S2/c1-14(2,3)11-15(4,5)17-21(18,19)13-8-7-12(20-13)9-10-16-6/h7-8,16-17H,9-11H2,1-6H3. The van der Waals surface area contributed by atoms with Crippen molar-refractivity contribution in [2.75, 3.05) is 13.6 Å². The van der Waals surface area contributed by atoms with E-state index in [-0.39, 0.29) is 5.41 Å². The van der Waals surface area contributed by atoms with Crippen molar-refractivity contribution in [3.63, 3.8) is 0 Å². The summed E-state index contributed by atoms with van der Waals surface area (Å²) in [5.41, 5.74) is -0.397. The van der Waals surface area contributed by atoms with Gasteiger partial charge < -0.3 is 5.32 Å². The topological polar surface area (TPSA) is 58.2 Å². The Bertz CT molecular complexity index is 554. The highest BCUT2D eigenvalue weighted by Gasteiger charge is 2.31. The van der Waals surface area contributed by atoms with E-state index in [2.05, 4.69) is 30.8 Å². The first kappa shape index (κ1) is 18.6. The van der Waals surface area contributed by atoms with Crippen LogP contribution in [-0.4, -0.2) is 27.5 Å². The minimum absolute atomic E-state index is 0.0689. The third kappa shape index (κ3) is 6.46. The molecule has 2 N–H and O–H groups in total. The van der Waals surface area contributed by atoms with E-state index in [1.165, 1.54) is 11.3 Å². The van der Waals surface area contributed by atoms with E-state index in [4.69, 9.17) is 0 Å². The van der Waals surface area contributed by atoms with Gasteiger partial charge in [0.2, 0.25) is 0 Å². The summed E-state index contributed by atoms with van der Waals surface area (Å²) in [4.78, 5) is 1.08. The van der Waals surface area contributed by atoms with Gasteiger partial charge in [0.15, 0.2) is 0 Å².